The Hall–Kier alpha value is -0.900. The molecule has 0 saturated carbocycles. The molecule has 0 aromatic rings. The molecule has 0 radical (unpaired) electrons. The molecule has 1 atom stereocenters. The number of carbonyl (C=O) groups is 1. The van der Waals surface area contributed by atoms with Crippen LogP contribution in [0.4, 0.5) is 0 Å². The molecule has 0 amide bonds. The fourth-order valence-corrected chi connectivity index (χ4v) is 2.10. The average molecular weight is 226 g/mol. The Balaban J connectivity index is 0.000000221. The highest BCUT2D eigenvalue weighted by Gasteiger charge is 2.21. The van der Waals surface area contributed by atoms with Crippen molar-refractivity contribution in [1.82, 2.24) is 0 Å². The molecule has 16 heavy (non-hydrogen) atoms. The molecule has 92 valence electrons. The van der Waals surface area contributed by atoms with Crippen LogP contribution in [-0.4, -0.2) is 31.4 Å². The molecule has 0 aliphatic carbocycles. The quantitative estimate of drug-likeness (QED) is 0.649. The van der Waals surface area contributed by atoms with Gasteiger partial charge in [0.1, 0.15) is 0 Å². The third kappa shape index (κ3) is 4.75. The lowest BCUT2D eigenvalue weighted by Crippen LogP contribution is -3.15. The van der Waals surface area contributed by atoms with Crippen LogP contribution in [0.25, 0.3) is 0 Å². The molecule has 1 unspecified atom stereocenters. The Morgan fingerprint density at radius 3 is 2.69 bits per heavy atom. The topological polar surface area (TPSA) is 56.9 Å². The number of aliphatic carboxylic acids is 1. The van der Waals surface area contributed by atoms with E-state index in [1.54, 1.807) is 4.90 Å². The molecule has 2 heterocycles. The smallest absolute Gasteiger partial charge is 0.196 e. The van der Waals surface area contributed by atoms with E-state index in [1.807, 2.05) is 0 Å². The molecular formula is C12H22N2O2. The van der Waals surface area contributed by atoms with Gasteiger partial charge in [0.15, 0.2) is 5.84 Å². The SMILES string of the molecule is C1CCC2=NCCC[NH+]2CC1.CCC(=O)[O-]. The molecule has 2 aliphatic heterocycles. The largest absolute Gasteiger partial charge is 0.550 e. The highest BCUT2D eigenvalue weighted by atomic mass is 16.4. The van der Waals surface area contributed by atoms with Crippen molar-refractivity contribution in [2.75, 3.05) is 19.6 Å². The predicted octanol–water partition coefficient (Wildman–Crippen LogP) is -0.606. The fourth-order valence-electron chi connectivity index (χ4n) is 2.10. The number of amidine groups is 1. The Labute approximate surface area is 97.4 Å². The first-order chi connectivity index (χ1) is 7.74. The second-order valence-electron chi connectivity index (χ2n) is 4.32. The number of carbonyl (C=O) groups excluding carboxylic acids is 1. The van der Waals surface area contributed by atoms with Crippen molar-refractivity contribution in [1.29, 1.82) is 0 Å². The van der Waals surface area contributed by atoms with Gasteiger partial charge in [-0.3, -0.25) is 4.90 Å². The number of hydrogen-bond acceptors (Lipinski definition) is 3. The number of rotatable bonds is 1. The Morgan fingerprint density at radius 2 is 2.00 bits per heavy atom. The summed E-state index contributed by atoms with van der Waals surface area (Å²) in [5, 5.41) is 9.26. The van der Waals surface area contributed by atoms with Crippen molar-refractivity contribution in [3.8, 4) is 0 Å². The summed E-state index contributed by atoms with van der Waals surface area (Å²) in [6.45, 7) is 5.33. The van der Waals surface area contributed by atoms with E-state index < -0.39 is 5.97 Å². The molecule has 0 aromatic carbocycles. The summed E-state index contributed by atoms with van der Waals surface area (Å²) in [6.07, 6.45) is 6.90. The van der Waals surface area contributed by atoms with Gasteiger partial charge in [-0.15, -0.1) is 0 Å². The van der Waals surface area contributed by atoms with Gasteiger partial charge in [-0.05, 0) is 25.7 Å². The maximum atomic E-state index is 9.26. The van der Waals surface area contributed by atoms with Crippen molar-refractivity contribution < 1.29 is 14.8 Å². The summed E-state index contributed by atoms with van der Waals surface area (Å²) >= 11 is 0. The minimum atomic E-state index is -0.995. The molecule has 2 rings (SSSR count). The van der Waals surface area contributed by atoms with Crippen LogP contribution < -0.4 is 10.0 Å². The van der Waals surface area contributed by atoms with Crippen molar-refractivity contribution in [2.45, 2.75) is 45.4 Å². The zero-order valence-corrected chi connectivity index (χ0v) is 10.1. The van der Waals surface area contributed by atoms with Gasteiger partial charge in [-0.2, -0.15) is 0 Å². The van der Waals surface area contributed by atoms with Crippen LogP contribution >= 0.6 is 0 Å². The van der Waals surface area contributed by atoms with Crippen molar-refractivity contribution in [3.05, 3.63) is 0 Å². The molecule has 0 aromatic heterocycles. The number of carboxylic acids is 1. The number of hydrogen-bond donors (Lipinski definition) is 1. The van der Waals surface area contributed by atoms with Gasteiger partial charge in [-0.25, -0.2) is 4.99 Å². The highest BCUT2D eigenvalue weighted by Crippen LogP contribution is 2.03. The van der Waals surface area contributed by atoms with Gasteiger partial charge in [-0.1, -0.05) is 6.92 Å². The van der Waals surface area contributed by atoms with Crippen molar-refractivity contribution in [3.63, 3.8) is 0 Å². The van der Waals surface area contributed by atoms with E-state index in [-0.39, 0.29) is 6.42 Å². The summed E-state index contributed by atoms with van der Waals surface area (Å²) in [7, 11) is 0. The third-order valence-corrected chi connectivity index (χ3v) is 3.03. The Kier molecular flexibility index (Phi) is 6.08. The van der Waals surface area contributed by atoms with Gasteiger partial charge in [0.2, 0.25) is 0 Å². The third-order valence-electron chi connectivity index (χ3n) is 3.03. The van der Waals surface area contributed by atoms with Crippen LogP contribution in [0.5, 0.6) is 0 Å². The van der Waals surface area contributed by atoms with Gasteiger partial charge >= 0.3 is 0 Å². The molecule has 1 N–H and O–H groups in total. The molecule has 0 bridgehead atoms. The van der Waals surface area contributed by atoms with Crippen LogP contribution in [0.1, 0.15) is 45.4 Å². The first-order valence-electron chi connectivity index (χ1n) is 6.32. The van der Waals surface area contributed by atoms with E-state index in [4.69, 9.17) is 0 Å². The molecular weight excluding hydrogens is 204 g/mol. The van der Waals surface area contributed by atoms with Crippen LogP contribution in [0, 0.1) is 0 Å². The van der Waals surface area contributed by atoms with E-state index in [0.29, 0.717) is 0 Å². The van der Waals surface area contributed by atoms with Gasteiger partial charge in [0, 0.05) is 25.4 Å². The second kappa shape index (κ2) is 7.39. The van der Waals surface area contributed by atoms with E-state index in [1.165, 1.54) is 58.0 Å². The van der Waals surface area contributed by atoms with Crippen molar-refractivity contribution >= 4 is 11.8 Å². The van der Waals surface area contributed by atoms with Gasteiger partial charge < -0.3 is 9.90 Å². The first kappa shape index (κ1) is 13.2. The number of carboxylic acid groups (broad SMARTS) is 1. The molecule has 4 heteroatoms. The number of fused-ring (bicyclic) bond motifs is 1. The Morgan fingerprint density at radius 1 is 1.31 bits per heavy atom. The zero-order chi connectivity index (χ0) is 11.8. The number of quaternary nitrogens is 1. The standard InChI is InChI=1S/C9H16N2.C3H6O2/c1-2-5-9-10-6-4-8-11(9)7-3-1;1-2-3(4)5/h1-8H2;2H2,1H3,(H,4,5). The van der Waals surface area contributed by atoms with Gasteiger partial charge in [0.05, 0.1) is 13.1 Å². The zero-order valence-electron chi connectivity index (χ0n) is 10.1. The number of aliphatic imine (C=N–C) groups is 1. The van der Waals surface area contributed by atoms with Gasteiger partial charge in [0.25, 0.3) is 0 Å². The number of nitrogens with one attached hydrogen (secondary N) is 1. The van der Waals surface area contributed by atoms with Crippen LogP contribution in [0.15, 0.2) is 4.99 Å². The predicted molar refractivity (Wildman–Crippen MR) is 61.4 cm³/mol. The van der Waals surface area contributed by atoms with Crippen LogP contribution in [-0.2, 0) is 4.79 Å². The maximum Gasteiger partial charge on any atom is 0.196 e. The minimum absolute atomic E-state index is 0.111. The monoisotopic (exact) mass is 226 g/mol. The maximum absolute atomic E-state index is 9.26. The normalized spacial score (nSPS) is 24.3. The molecule has 1 fully saturated rings. The van der Waals surface area contributed by atoms with E-state index in [9.17, 15) is 9.90 Å². The summed E-state index contributed by atoms with van der Waals surface area (Å²) in [6, 6.07) is 0. The summed E-state index contributed by atoms with van der Waals surface area (Å²) in [5.74, 6) is 0.485. The fraction of sp³-hybridized carbons (Fsp3) is 0.833. The van der Waals surface area contributed by atoms with E-state index in [0.717, 1.165) is 6.54 Å². The Bertz CT molecular complexity index is 251. The lowest BCUT2D eigenvalue weighted by Gasteiger charge is -2.21. The van der Waals surface area contributed by atoms with E-state index >= 15 is 0 Å². The highest BCUT2D eigenvalue weighted by molar-refractivity contribution is 5.73. The van der Waals surface area contributed by atoms with E-state index in [2.05, 4.69) is 4.99 Å². The lowest BCUT2D eigenvalue weighted by atomic mass is 10.2. The molecule has 0 spiro atoms. The van der Waals surface area contributed by atoms with Crippen molar-refractivity contribution in [2.24, 2.45) is 4.99 Å². The first-order valence-corrected chi connectivity index (χ1v) is 6.32. The summed E-state index contributed by atoms with van der Waals surface area (Å²) in [4.78, 5) is 15.5. The van der Waals surface area contributed by atoms with Crippen LogP contribution in [0.2, 0.25) is 0 Å². The summed E-state index contributed by atoms with van der Waals surface area (Å²) < 4.78 is 0. The molecule has 4 nitrogen and oxygen atoms in total. The summed E-state index contributed by atoms with van der Waals surface area (Å²) in [5.41, 5.74) is 0. The minimum Gasteiger partial charge on any atom is -0.550 e. The molecule has 2 aliphatic rings. The lowest BCUT2D eigenvalue weighted by molar-refractivity contribution is -0.809. The van der Waals surface area contributed by atoms with Crippen LogP contribution in [0.3, 0.4) is 0 Å². The number of nitrogens with zero attached hydrogens (tertiary/aromatic N) is 1. The molecule has 1 saturated heterocycles. The second-order valence-corrected chi connectivity index (χ2v) is 4.32. The average Bonchev–Trinajstić information content (AvgIpc) is 2.54.